The second-order valence-corrected chi connectivity index (χ2v) is 11.9. The van der Waals surface area contributed by atoms with Crippen LogP contribution in [0.3, 0.4) is 0 Å². The molecule has 5 nitrogen and oxygen atoms in total. The molecular weight excluding hydrogens is 544 g/mol. The van der Waals surface area contributed by atoms with Gasteiger partial charge in [0.2, 0.25) is 0 Å². The first kappa shape index (κ1) is 30.5. The molecular formula is C36H40O5S. The van der Waals surface area contributed by atoms with Crippen LogP contribution in [-0.4, -0.2) is 43.6 Å². The van der Waals surface area contributed by atoms with Gasteiger partial charge in [-0.25, -0.2) is 0 Å². The first-order valence-corrected chi connectivity index (χ1v) is 15.3. The normalized spacial score (nSPS) is 22.2. The van der Waals surface area contributed by atoms with Gasteiger partial charge in [0.05, 0.1) is 31.7 Å². The van der Waals surface area contributed by atoms with Crippen LogP contribution < -0.4 is 0 Å². The molecule has 0 N–H and O–H groups in total. The molecule has 1 aliphatic rings. The molecule has 4 aromatic carbocycles. The molecule has 1 heterocycles. The first-order chi connectivity index (χ1) is 20.6. The number of benzene rings is 4. The minimum Gasteiger partial charge on any atom is -0.374 e. The highest BCUT2D eigenvalue weighted by atomic mass is 32.2. The molecule has 0 unspecified atom stereocenters. The van der Waals surface area contributed by atoms with E-state index >= 15 is 0 Å². The molecule has 0 bridgehead atoms. The lowest BCUT2D eigenvalue weighted by Crippen LogP contribution is -2.59. The van der Waals surface area contributed by atoms with Crippen molar-refractivity contribution in [3.8, 4) is 0 Å². The van der Waals surface area contributed by atoms with Gasteiger partial charge in [-0.2, -0.15) is 0 Å². The lowest BCUT2D eigenvalue weighted by Gasteiger charge is -2.45. The minimum atomic E-state index is -0.515. The van der Waals surface area contributed by atoms with E-state index in [2.05, 4.69) is 68.4 Å². The van der Waals surface area contributed by atoms with Crippen LogP contribution in [0.15, 0.2) is 114 Å². The highest BCUT2D eigenvalue weighted by Gasteiger charge is 2.48. The Morgan fingerprint density at radius 3 is 1.74 bits per heavy atom. The fourth-order valence-corrected chi connectivity index (χ4v) is 6.42. The summed E-state index contributed by atoms with van der Waals surface area (Å²) in [4.78, 5) is 1.14. The van der Waals surface area contributed by atoms with Gasteiger partial charge in [0.15, 0.2) is 6.29 Å². The Balaban J connectivity index is 1.43. The Kier molecular flexibility index (Phi) is 11.2. The second-order valence-electron chi connectivity index (χ2n) is 10.6. The van der Waals surface area contributed by atoms with E-state index in [-0.39, 0.29) is 23.6 Å². The Bertz CT molecular complexity index is 1350. The van der Waals surface area contributed by atoms with Crippen LogP contribution in [0.4, 0.5) is 0 Å². The molecule has 0 aliphatic carbocycles. The third kappa shape index (κ3) is 8.32. The maximum atomic E-state index is 6.77. The molecule has 1 fully saturated rings. The SMILES string of the molecule is CO[C@@H]1O[C@H](COCc2ccccc2)[C@@H](OCc2ccccc2)[C@H](OCc2ccccc2)[C@H]1Sc1ccc(C)c(C)c1. The summed E-state index contributed by atoms with van der Waals surface area (Å²) in [5.74, 6) is 0. The second kappa shape index (κ2) is 15.5. The van der Waals surface area contributed by atoms with E-state index < -0.39 is 6.29 Å². The number of thioether (sulfide) groups is 1. The number of aryl methyl sites for hydroxylation is 2. The number of rotatable bonds is 13. The van der Waals surface area contributed by atoms with Crippen molar-refractivity contribution in [3.05, 3.63) is 137 Å². The Morgan fingerprint density at radius 2 is 1.19 bits per heavy atom. The van der Waals surface area contributed by atoms with Crippen LogP contribution in [0.5, 0.6) is 0 Å². The van der Waals surface area contributed by atoms with Gasteiger partial charge in [0, 0.05) is 12.0 Å². The molecule has 0 saturated carbocycles. The van der Waals surface area contributed by atoms with E-state index in [4.69, 9.17) is 23.7 Å². The van der Waals surface area contributed by atoms with E-state index in [1.807, 2.05) is 54.6 Å². The van der Waals surface area contributed by atoms with Gasteiger partial charge in [-0.05, 0) is 53.8 Å². The Morgan fingerprint density at radius 1 is 0.643 bits per heavy atom. The predicted molar refractivity (Wildman–Crippen MR) is 167 cm³/mol. The molecule has 4 aromatic rings. The third-order valence-electron chi connectivity index (χ3n) is 7.54. The fourth-order valence-electron chi connectivity index (χ4n) is 5.06. The molecule has 0 spiro atoms. The summed E-state index contributed by atoms with van der Waals surface area (Å²) in [7, 11) is 1.69. The number of ether oxygens (including phenoxy) is 5. The highest BCUT2D eigenvalue weighted by molar-refractivity contribution is 8.00. The van der Waals surface area contributed by atoms with Crippen molar-refractivity contribution in [2.24, 2.45) is 0 Å². The van der Waals surface area contributed by atoms with Crippen molar-refractivity contribution in [1.29, 1.82) is 0 Å². The quantitative estimate of drug-likeness (QED) is 0.162. The van der Waals surface area contributed by atoms with Crippen LogP contribution in [0.2, 0.25) is 0 Å². The molecule has 0 amide bonds. The number of hydrogen-bond acceptors (Lipinski definition) is 6. The fraction of sp³-hybridized carbons (Fsp3) is 0.333. The van der Waals surface area contributed by atoms with Crippen molar-refractivity contribution in [2.75, 3.05) is 13.7 Å². The van der Waals surface area contributed by atoms with Crippen molar-refractivity contribution in [2.45, 2.75) is 68.4 Å². The molecule has 6 heteroatoms. The van der Waals surface area contributed by atoms with E-state index in [1.54, 1.807) is 18.9 Å². The van der Waals surface area contributed by atoms with Crippen LogP contribution in [0.1, 0.15) is 27.8 Å². The third-order valence-corrected chi connectivity index (χ3v) is 8.83. The van der Waals surface area contributed by atoms with Gasteiger partial charge in [0.1, 0.15) is 18.3 Å². The summed E-state index contributed by atoms with van der Waals surface area (Å²) < 4.78 is 32.3. The Hall–Kier alpha value is -2.97. The zero-order valence-electron chi connectivity index (χ0n) is 24.6. The summed E-state index contributed by atoms with van der Waals surface area (Å²) in [6.07, 6.45) is -1.62. The van der Waals surface area contributed by atoms with Crippen LogP contribution in [0.25, 0.3) is 0 Å². The molecule has 0 aromatic heterocycles. The van der Waals surface area contributed by atoms with Gasteiger partial charge in [-0.1, -0.05) is 97.1 Å². The maximum absolute atomic E-state index is 6.77. The lowest BCUT2D eigenvalue weighted by molar-refractivity contribution is -0.268. The molecule has 1 aliphatic heterocycles. The summed E-state index contributed by atoms with van der Waals surface area (Å²) in [5, 5.41) is -0.174. The van der Waals surface area contributed by atoms with E-state index in [0.717, 1.165) is 21.6 Å². The Labute approximate surface area is 254 Å². The summed E-state index contributed by atoms with van der Waals surface area (Å²) >= 11 is 1.72. The van der Waals surface area contributed by atoms with E-state index in [9.17, 15) is 0 Å². The number of hydrogen-bond donors (Lipinski definition) is 0. The van der Waals surface area contributed by atoms with E-state index in [0.29, 0.717) is 26.4 Å². The van der Waals surface area contributed by atoms with Gasteiger partial charge in [0.25, 0.3) is 0 Å². The van der Waals surface area contributed by atoms with Crippen molar-refractivity contribution < 1.29 is 23.7 Å². The summed E-state index contributed by atoms with van der Waals surface area (Å²) in [5.41, 5.74) is 5.82. The van der Waals surface area contributed by atoms with Gasteiger partial charge < -0.3 is 23.7 Å². The molecule has 220 valence electrons. The minimum absolute atomic E-state index is 0.174. The average molecular weight is 585 g/mol. The van der Waals surface area contributed by atoms with Crippen LogP contribution in [-0.2, 0) is 43.5 Å². The topological polar surface area (TPSA) is 46.2 Å². The maximum Gasteiger partial charge on any atom is 0.172 e. The standard InChI is InChI=1S/C36H40O5S/c1-26-19-20-31(21-27(26)2)42-35-34(40-24-30-17-11-6-12-18-30)33(39-23-29-15-9-5-10-16-29)32(41-36(35)37-3)25-38-22-28-13-7-4-8-14-28/h4-21,32-36H,22-25H2,1-3H3/t32-,33-,34+,35-,36-/m1/s1. The number of methoxy groups -OCH3 is 1. The van der Waals surface area contributed by atoms with Crippen molar-refractivity contribution >= 4 is 11.8 Å². The van der Waals surface area contributed by atoms with Crippen molar-refractivity contribution in [3.63, 3.8) is 0 Å². The zero-order chi connectivity index (χ0) is 29.1. The van der Waals surface area contributed by atoms with Gasteiger partial charge in [-0.15, -0.1) is 11.8 Å². The smallest absolute Gasteiger partial charge is 0.172 e. The zero-order valence-corrected chi connectivity index (χ0v) is 25.4. The molecule has 1 saturated heterocycles. The predicted octanol–water partition coefficient (Wildman–Crippen LogP) is 7.52. The van der Waals surface area contributed by atoms with Crippen LogP contribution in [0, 0.1) is 13.8 Å². The molecule has 42 heavy (non-hydrogen) atoms. The van der Waals surface area contributed by atoms with Crippen molar-refractivity contribution in [1.82, 2.24) is 0 Å². The van der Waals surface area contributed by atoms with Crippen LogP contribution >= 0.6 is 11.8 Å². The largest absolute Gasteiger partial charge is 0.374 e. The van der Waals surface area contributed by atoms with Gasteiger partial charge >= 0.3 is 0 Å². The highest BCUT2D eigenvalue weighted by Crippen LogP contribution is 2.39. The molecule has 5 rings (SSSR count). The average Bonchev–Trinajstić information content (AvgIpc) is 3.03. The summed E-state index contributed by atoms with van der Waals surface area (Å²) in [6, 6.07) is 37.2. The first-order valence-electron chi connectivity index (χ1n) is 14.5. The monoisotopic (exact) mass is 584 g/mol. The summed E-state index contributed by atoms with van der Waals surface area (Å²) in [6.45, 7) is 5.99. The van der Waals surface area contributed by atoms with Gasteiger partial charge in [-0.3, -0.25) is 0 Å². The molecule has 0 radical (unpaired) electrons. The molecule has 5 atom stereocenters. The lowest BCUT2D eigenvalue weighted by atomic mass is 10.00. The van der Waals surface area contributed by atoms with E-state index in [1.165, 1.54) is 11.1 Å².